The summed E-state index contributed by atoms with van der Waals surface area (Å²) in [6.45, 7) is 5.25. The Morgan fingerprint density at radius 3 is 2.03 bits per heavy atom. The van der Waals surface area contributed by atoms with Crippen molar-refractivity contribution in [2.75, 3.05) is 11.9 Å². The van der Waals surface area contributed by atoms with Gasteiger partial charge in [0, 0.05) is 27.3 Å². The molecule has 0 unspecified atom stereocenters. The predicted octanol–water partition coefficient (Wildman–Crippen LogP) is 6.40. The number of carbonyl (C=O) groups is 1. The molecule has 0 aliphatic heterocycles. The van der Waals surface area contributed by atoms with Crippen molar-refractivity contribution in [3.05, 3.63) is 91.9 Å². The second kappa shape index (κ2) is 10.5. The highest BCUT2D eigenvalue weighted by Crippen LogP contribution is 2.27. The van der Waals surface area contributed by atoms with Crippen LogP contribution in [0.15, 0.2) is 59.5 Å². The average molecular weight is 526 g/mol. The van der Waals surface area contributed by atoms with E-state index in [-0.39, 0.29) is 11.4 Å². The fraction of sp³-hybridized carbons (Fsp3) is 0.208. The van der Waals surface area contributed by atoms with Crippen LogP contribution in [-0.2, 0) is 21.4 Å². The lowest BCUT2D eigenvalue weighted by Gasteiger charge is -2.23. The average Bonchev–Trinajstić information content (AvgIpc) is 2.72. The van der Waals surface area contributed by atoms with Crippen LogP contribution in [0, 0.1) is 20.8 Å². The highest BCUT2D eigenvalue weighted by atomic mass is 35.5. The third-order valence-electron chi connectivity index (χ3n) is 5.07. The number of nitrogens with one attached hydrogen (secondary N) is 1. The van der Waals surface area contributed by atoms with E-state index in [1.54, 1.807) is 12.1 Å². The first-order chi connectivity index (χ1) is 15.5. The van der Waals surface area contributed by atoms with E-state index in [1.807, 2.05) is 32.9 Å². The number of hydrogen-bond acceptors (Lipinski definition) is 3. The summed E-state index contributed by atoms with van der Waals surface area (Å²) >= 11 is 18.2. The van der Waals surface area contributed by atoms with Gasteiger partial charge in [0.25, 0.3) is 0 Å². The maximum atomic E-state index is 13.4. The Labute approximate surface area is 209 Å². The number of aryl methyl sites for hydroxylation is 3. The Hall–Kier alpha value is -2.09. The second-order valence-corrected chi connectivity index (χ2v) is 11.0. The van der Waals surface area contributed by atoms with Crippen molar-refractivity contribution >= 4 is 56.4 Å². The number of carbonyl (C=O) groups excluding carboxylic acids is 1. The molecule has 0 saturated heterocycles. The molecule has 3 aromatic rings. The predicted molar refractivity (Wildman–Crippen MR) is 135 cm³/mol. The molecule has 0 heterocycles. The van der Waals surface area contributed by atoms with Crippen LogP contribution in [-0.4, -0.2) is 25.2 Å². The summed E-state index contributed by atoms with van der Waals surface area (Å²) in [7, 11) is -4.03. The first kappa shape index (κ1) is 25.5. The van der Waals surface area contributed by atoms with Crippen LogP contribution < -0.4 is 5.32 Å². The number of anilines is 1. The number of benzene rings is 3. The summed E-state index contributed by atoms with van der Waals surface area (Å²) in [4.78, 5) is 13.0. The molecule has 0 spiro atoms. The third-order valence-corrected chi connectivity index (χ3v) is 7.72. The molecule has 33 heavy (non-hydrogen) atoms. The SMILES string of the molecule is Cc1cc(C)c(NC(=O)CN(Cc2ccc(Cl)cc2Cl)S(=O)(=O)c2ccc(Cl)cc2)c(C)c1. The van der Waals surface area contributed by atoms with Crippen molar-refractivity contribution in [2.24, 2.45) is 0 Å². The lowest BCUT2D eigenvalue weighted by atomic mass is 10.1. The monoisotopic (exact) mass is 524 g/mol. The number of halogens is 3. The van der Waals surface area contributed by atoms with E-state index >= 15 is 0 Å². The van der Waals surface area contributed by atoms with Gasteiger partial charge in [-0.25, -0.2) is 8.42 Å². The van der Waals surface area contributed by atoms with Crippen LogP contribution in [0.5, 0.6) is 0 Å². The van der Waals surface area contributed by atoms with Crippen molar-refractivity contribution in [1.82, 2.24) is 4.31 Å². The van der Waals surface area contributed by atoms with E-state index in [4.69, 9.17) is 34.8 Å². The van der Waals surface area contributed by atoms with E-state index in [0.717, 1.165) is 21.0 Å². The van der Waals surface area contributed by atoms with Crippen molar-refractivity contribution in [3.8, 4) is 0 Å². The molecule has 0 saturated carbocycles. The van der Waals surface area contributed by atoms with Gasteiger partial charge < -0.3 is 5.32 Å². The molecule has 3 rings (SSSR count). The van der Waals surface area contributed by atoms with Gasteiger partial charge in [-0.15, -0.1) is 0 Å². The fourth-order valence-corrected chi connectivity index (χ4v) is 5.51. The van der Waals surface area contributed by atoms with Gasteiger partial charge in [-0.2, -0.15) is 4.31 Å². The van der Waals surface area contributed by atoms with E-state index in [9.17, 15) is 13.2 Å². The highest BCUT2D eigenvalue weighted by molar-refractivity contribution is 7.89. The van der Waals surface area contributed by atoms with Crippen LogP contribution in [0.25, 0.3) is 0 Å². The van der Waals surface area contributed by atoms with E-state index in [1.165, 1.54) is 30.3 Å². The zero-order valence-electron chi connectivity index (χ0n) is 18.3. The van der Waals surface area contributed by atoms with Gasteiger partial charge in [0.05, 0.1) is 11.4 Å². The van der Waals surface area contributed by atoms with E-state index in [2.05, 4.69) is 5.32 Å². The van der Waals surface area contributed by atoms with Gasteiger partial charge in [-0.05, 0) is 73.9 Å². The standard InChI is InChI=1S/C24H23Cl3N2O3S/c1-15-10-16(2)24(17(3)11-15)28-23(30)14-29(13-18-4-5-20(26)12-22(18)27)33(31,32)21-8-6-19(25)7-9-21/h4-12H,13-14H2,1-3H3,(H,28,30). The number of sulfonamides is 1. The molecule has 5 nitrogen and oxygen atoms in total. The van der Waals surface area contributed by atoms with Crippen molar-refractivity contribution in [3.63, 3.8) is 0 Å². The molecule has 174 valence electrons. The zero-order valence-corrected chi connectivity index (χ0v) is 21.4. The molecular weight excluding hydrogens is 503 g/mol. The van der Waals surface area contributed by atoms with Crippen LogP contribution in [0.4, 0.5) is 5.69 Å². The van der Waals surface area contributed by atoms with Gasteiger partial charge in [0.2, 0.25) is 15.9 Å². The summed E-state index contributed by atoms with van der Waals surface area (Å²) in [5.41, 5.74) is 4.06. The molecule has 0 radical (unpaired) electrons. The first-order valence-corrected chi connectivity index (χ1v) is 12.6. The Bertz CT molecular complexity index is 1270. The molecule has 0 aromatic heterocycles. The van der Waals surface area contributed by atoms with Gasteiger partial charge in [-0.3, -0.25) is 4.79 Å². The van der Waals surface area contributed by atoms with Crippen LogP contribution in [0.1, 0.15) is 22.3 Å². The Balaban J connectivity index is 1.94. The largest absolute Gasteiger partial charge is 0.324 e. The summed E-state index contributed by atoms with van der Waals surface area (Å²) in [6.07, 6.45) is 0. The summed E-state index contributed by atoms with van der Waals surface area (Å²) < 4.78 is 27.9. The zero-order chi connectivity index (χ0) is 24.3. The van der Waals surface area contributed by atoms with Gasteiger partial charge in [-0.1, -0.05) is 58.6 Å². The minimum atomic E-state index is -4.03. The summed E-state index contributed by atoms with van der Waals surface area (Å²) in [5, 5.41) is 4.00. The van der Waals surface area contributed by atoms with E-state index < -0.39 is 22.5 Å². The topological polar surface area (TPSA) is 66.5 Å². The molecule has 0 bridgehead atoms. The lowest BCUT2D eigenvalue weighted by molar-refractivity contribution is -0.116. The van der Waals surface area contributed by atoms with Crippen LogP contribution in [0.2, 0.25) is 15.1 Å². The minimum Gasteiger partial charge on any atom is -0.324 e. The van der Waals surface area contributed by atoms with Gasteiger partial charge in [0.15, 0.2) is 0 Å². The Kier molecular flexibility index (Phi) is 8.08. The number of hydrogen-bond donors (Lipinski definition) is 1. The van der Waals surface area contributed by atoms with Crippen molar-refractivity contribution < 1.29 is 13.2 Å². The second-order valence-electron chi connectivity index (χ2n) is 7.78. The molecule has 1 N–H and O–H groups in total. The van der Waals surface area contributed by atoms with Crippen molar-refractivity contribution in [2.45, 2.75) is 32.2 Å². The minimum absolute atomic E-state index is 0.0208. The first-order valence-electron chi connectivity index (χ1n) is 10.0. The third kappa shape index (κ3) is 6.28. The van der Waals surface area contributed by atoms with Crippen LogP contribution in [0.3, 0.4) is 0 Å². The van der Waals surface area contributed by atoms with Gasteiger partial charge in [0.1, 0.15) is 0 Å². The molecular formula is C24H23Cl3N2O3S. The molecule has 0 aliphatic rings. The maximum Gasteiger partial charge on any atom is 0.243 e. The smallest absolute Gasteiger partial charge is 0.243 e. The normalized spacial score (nSPS) is 11.6. The molecule has 3 aromatic carbocycles. The Morgan fingerprint density at radius 1 is 0.879 bits per heavy atom. The number of amides is 1. The maximum absolute atomic E-state index is 13.4. The number of rotatable bonds is 7. The highest BCUT2D eigenvalue weighted by Gasteiger charge is 2.28. The molecule has 0 atom stereocenters. The Morgan fingerprint density at radius 2 is 1.45 bits per heavy atom. The van der Waals surface area contributed by atoms with Crippen molar-refractivity contribution in [1.29, 1.82) is 0 Å². The molecule has 1 amide bonds. The molecule has 0 fully saturated rings. The fourth-order valence-electron chi connectivity index (χ4n) is 3.54. The van der Waals surface area contributed by atoms with Crippen LogP contribution >= 0.6 is 34.8 Å². The lowest BCUT2D eigenvalue weighted by Crippen LogP contribution is -2.37. The molecule has 0 aliphatic carbocycles. The van der Waals surface area contributed by atoms with E-state index in [0.29, 0.717) is 26.3 Å². The number of nitrogens with zero attached hydrogens (tertiary/aromatic N) is 1. The quantitative estimate of drug-likeness (QED) is 0.388. The molecule has 9 heteroatoms. The summed E-state index contributed by atoms with van der Waals surface area (Å²) in [5.74, 6) is -0.465. The summed E-state index contributed by atoms with van der Waals surface area (Å²) in [6, 6.07) is 14.5. The van der Waals surface area contributed by atoms with Gasteiger partial charge >= 0.3 is 0 Å².